The number of hydrogen-bond donors (Lipinski definition) is 1. The van der Waals surface area contributed by atoms with Crippen LogP contribution in [0.3, 0.4) is 0 Å². The van der Waals surface area contributed by atoms with Crippen molar-refractivity contribution in [1.29, 1.82) is 0 Å². The predicted octanol–water partition coefficient (Wildman–Crippen LogP) is 3.31. The molecule has 0 saturated carbocycles. The Kier molecular flexibility index (Phi) is 5.02. The number of nitrogens with one attached hydrogen (secondary N) is 1. The number of aromatic nitrogens is 2. The number of halogens is 1. The Labute approximate surface area is 161 Å². The molecule has 5 nitrogen and oxygen atoms in total. The van der Waals surface area contributed by atoms with E-state index in [1.54, 1.807) is 35.2 Å². The van der Waals surface area contributed by atoms with E-state index in [0.29, 0.717) is 42.7 Å². The lowest BCUT2D eigenvalue weighted by Crippen LogP contribution is -2.35. The van der Waals surface area contributed by atoms with E-state index >= 15 is 0 Å². The number of carbonyl (C=O) groups is 1. The van der Waals surface area contributed by atoms with Gasteiger partial charge in [-0.3, -0.25) is 9.59 Å². The standard InChI is InChI=1S/C22H20FN3O2/c23-17-7-5-15(6-8-17)16-11-13-26(14-12-16)21(27)10-9-20-24-19-4-2-1-3-18(19)22(28)25-20/h1-8,11H,9-10,12-14H2,(H,24,25,28). The van der Waals surface area contributed by atoms with Crippen LogP contribution in [0.15, 0.2) is 59.4 Å². The molecule has 1 aliphatic rings. The van der Waals surface area contributed by atoms with E-state index in [2.05, 4.69) is 9.97 Å². The summed E-state index contributed by atoms with van der Waals surface area (Å²) in [5, 5.41) is 0.548. The van der Waals surface area contributed by atoms with Gasteiger partial charge >= 0.3 is 0 Å². The molecule has 0 aliphatic carbocycles. The van der Waals surface area contributed by atoms with Crippen LogP contribution in [0.2, 0.25) is 0 Å². The van der Waals surface area contributed by atoms with Crippen LogP contribution >= 0.6 is 0 Å². The van der Waals surface area contributed by atoms with Crippen molar-refractivity contribution < 1.29 is 9.18 Å². The number of aromatic amines is 1. The molecule has 2 heterocycles. The summed E-state index contributed by atoms with van der Waals surface area (Å²) in [4.78, 5) is 33.7. The number of fused-ring (bicyclic) bond motifs is 1. The van der Waals surface area contributed by atoms with Gasteiger partial charge in [0, 0.05) is 25.9 Å². The summed E-state index contributed by atoms with van der Waals surface area (Å²) in [6.45, 7) is 1.16. The average Bonchev–Trinajstić information content (AvgIpc) is 2.73. The van der Waals surface area contributed by atoms with Gasteiger partial charge in [-0.15, -0.1) is 0 Å². The van der Waals surface area contributed by atoms with Crippen LogP contribution in [0.5, 0.6) is 0 Å². The predicted molar refractivity (Wildman–Crippen MR) is 106 cm³/mol. The van der Waals surface area contributed by atoms with E-state index in [9.17, 15) is 14.0 Å². The van der Waals surface area contributed by atoms with Gasteiger partial charge in [0.1, 0.15) is 11.6 Å². The van der Waals surface area contributed by atoms with Gasteiger partial charge in [-0.2, -0.15) is 0 Å². The lowest BCUT2D eigenvalue weighted by molar-refractivity contribution is -0.130. The highest BCUT2D eigenvalue weighted by atomic mass is 19.1. The normalized spacial score (nSPS) is 14.2. The molecule has 1 N–H and O–H groups in total. The Morgan fingerprint density at radius 2 is 1.93 bits per heavy atom. The first-order valence-corrected chi connectivity index (χ1v) is 9.31. The molecule has 0 radical (unpaired) electrons. The second-order valence-electron chi connectivity index (χ2n) is 6.86. The summed E-state index contributed by atoms with van der Waals surface area (Å²) in [5.41, 5.74) is 2.58. The third-order valence-electron chi connectivity index (χ3n) is 5.01. The third-order valence-corrected chi connectivity index (χ3v) is 5.01. The van der Waals surface area contributed by atoms with Crippen molar-refractivity contribution in [3.63, 3.8) is 0 Å². The monoisotopic (exact) mass is 377 g/mol. The fourth-order valence-corrected chi connectivity index (χ4v) is 3.46. The molecule has 0 saturated heterocycles. The van der Waals surface area contributed by atoms with Gasteiger partial charge in [0.15, 0.2) is 0 Å². The lowest BCUT2D eigenvalue weighted by Gasteiger charge is -2.26. The highest BCUT2D eigenvalue weighted by molar-refractivity contribution is 5.79. The Morgan fingerprint density at radius 3 is 2.68 bits per heavy atom. The molecular formula is C22H20FN3O2. The number of hydrogen-bond acceptors (Lipinski definition) is 3. The number of rotatable bonds is 4. The zero-order valence-electron chi connectivity index (χ0n) is 15.3. The Morgan fingerprint density at radius 1 is 1.14 bits per heavy atom. The fraction of sp³-hybridized carbons (Fsp3) is 0.227. The van der Waals surface area contributed by atoms with Gasteiger partial charge < -0.3 is 9.88 Å². The second kappa shape index (κ2) is 7.76. The van der Waals surface area contributed by atoms with Crippen LogP contribution < -0.4 is 5.56 Å². The Bertz CT molecular complexity index is 1100. The maximum Gasteiger partial charge on any atom is 0.258 e. The number of amides is 1. The van der Waals surface area contributed by atoms with Crippen LogP contribution in [0.1, 0.15) is 24.2 Å². The first kappa shape index (κ1) is 18.1. The quantitative estimate of drug-likeness (QED) is 0.759. The molecule has 28 heavy (non-hydrogen) atoms. The first-order valence-electron chi connectivity index (χ1n) is 9.31. The highest BCUT2D eigenvalue weighted by Gasteiger charge is 2.18. The van der Waals surface area contributed by atoms with Crippen molar-refractivity contribution in [2.24, 2.45) is 0 Å². The molecule has 6 heteroatoms. The molecule has 0 fully saturated rings. The minimum Gasteiger partial charge on any atom is -0.339 e. The summed E-state index contributed by atoms with van der Waals surface area (Å²) in [6.07, 6.45) is 3.44. The van der Waals surface area contributed by atoms with Gasteiger partial charge in [-0.1, -0.05) is 30.3 Å². The molecule has 0 unspecified atom stereocenters. The van der Waals surface area contributed by atoms with Crippen LogP contribution in [0, 0.1) is 5.82 Å². The molecule has 0 bridgehead atoms. The third kappa shape index (κ3) is 3.86. The zero-order valence-corrected chi connectivity index (χ0v) is 15.3. The number of nitrogens with zero attached hydrogens (tertiary/aromatic N) is 2. The SMILES string of the molecule is O=C(CCc1nc2ccccc2c(=O)[nH]1)N1CC=C(c2ccc(F)cc2)CC1. The van der Waals surface area contributed by atoms with Crippen LogP contribution in [-0.2, 0) is 11.2 Å². The molecule has 3 aromatic rings. The maximum atomic E-state index is 13.1. The minimum atomic E-state index is -0.252. The van der Waals surface area contributed by atoms with Crippen molar-refractivity contribution in [1.82, 2.24) is 14.9 Å². The average molecular weight is 377 g/mol. The van der Waals surface area contributed by atoms with E-state index in [0.717, 1.165) is 17.6 Å². The van der Waals surface area contributed by atoms with Crippen LogP contribution in [0.25, 0.3) is 16.5 Å². The number of H-pyrrole nitrogens is 1. The van der Waals surface area contributed by atoms with Gasteiger partial charge in [0.2, 0.25) is 5.91 Å². The molecule has 1 aromatic heterocycles. The zero-order chi connectivity index (χ0) is 19.5. The number of para-hydroxylation sites is 1. The summed E-state index contributed by atoms with van der Waals surface area (Å²) in [6, 6.07) is 13.6. The molecule has 2 aromatic carbocycles. The molecule has 1 aliphatic heterocycles. The molecular weight excluding hydrogens is 357 g/mol. The molecule has 4 rings (SSSR count). The van der Waals surface area contributed by atoms with Crippen molar-refractivity contribution in [3.8, 4) is 0 Å². The minimum absolute atomic E-state index is 0.0326. The van der Waals surface area contributed by atoms with Crippen molar-refractivity contribution in [3.05, 3.63) is 82.2 Å². The number of aryl methyl sites for hydroxylation is 1. The summed E-state index contributed by atoms with van der Waals surface area (Å²) < 4.78 is 13.1. The Hall–Kier alpha value is -3.28. The Balaban J connectivity index is 1.38. The summed E-state index contributed by atoms with van der Waals surface area (Å²) in [7, 11) is 0. The smallest absolute Gasteiger partial charge is 0.258 e. The number of carbonyl (C=O) groups excluding carboxylic acids is 1. The summed E-state index contributed by atoms with van der Waals surface area (Å²) in [5.74, 6) is 0.305. The van der Waals surface area contributed by atoms with E-state index in [-0.39, 0.29) is 17.3 Å². The lowest BCUT2D eigenvalue weighted by atomic mass is 9.99. The van der Waals surface area contributed by atoms with Gasteiger partial charge in [-0.25, -0.2) is 9.37 Å². The van der Waals surface area contributed by atoms with Crippen LogP contribution in [-0.4, -0.2) is 33.9 Å². The molecule has 1 amide bonds. The molecule has 0 atom stereocenters. The van der Waals surface area contributed by atoms with E-state index in [1.807, 2.05) is 12.1 Å². The highest BCUT2D eigenvalue weighted by Crippen LogP contribution is 2.23. The maximum absolute atomic E-state index is 13.1. The first-order chi connectivity index (χ1) is 13.6. The van der Waals surface area contributed by atoms with Crippen molar-refractivity contribution in [2.45, 2.75) is 19.3 Å². The summed E-state index contributed by atoms with van der Waals surface area (Å²) >= 11 is 0. The van der Waals surface area contributed by atoms with Crippen molar-refractivity contribution in [2.75, 3.05) is 13.1 Å². The van der Waals surface area contributed by atoms with Gasteiger partial charge in [0.05, 0.1) is 10.9 Å². The largest absolute Gasteiger partial charge is 0.339 e. The number of benzene rings is 2. The second-order valence-corrected chi connectivity index (χ2v) is 6.86. The fourth-order valence-electron chi connectivity index (χ4n) is 3.46. The molecule has 142 valence electrons. The molecule has 0 spiro atoms. The van der Waals surface area contributed by atoms with E-state index in [1.165, 1.54) is 12.1 Å². The van der Waals surface area contributed by atoms with Gasteiger partial charge in [0.25, 0.3) is 5.56 Å². The van der Waals surface area contributed by atoms with E-state index < -0.39 is 0 Å². The van der Waals surface area contributed by atoms with Crippen LogP contribution in [0.4, 0.5) is 4.39 Å². The topological polar surface area (TPSA) is 66.1 Å². The van der Waals surface area contributed by atoms with Crippen molar-refractivity contribution >= 4 is 22.4 Å². The van der Waals surface area contributed by atoms with E-state index in [4.69, 9.17) is 0 Å². The van der Waals surface area contributed by atoms with Gasteiger partial charge in [-0.05, 0) is 41.8 Å².